The van der Waals surface area contributed by atoms with Crippen LogP contribution in [0.15, 0.2) is 28.0 Å². The lowest BCUT2D eigenvalue weighted by Gasteiger charge is -2.20. The van der Waals surface area contributed by atoms with Crippen LogP contribution >= 0.6 is 23.5 Å². The van der Waals surface area contributed by atoms with Crippen molar-refractivity contribution < 1.29 is 5.11 Å². The van der Waals surface area contributed by atoms with E-state index in [1.54, 1.807) is 23.5 Å². The molecule has 1 N–H and O–H groups in total. The third kappa shape index (κ3) is 6.27. The van der Waals surface area contributed by atoms with Gasteiger partial charge in [-0.25, -0.2) is 0 Å². The molecule has 17 heavy (non-hydrogen) atoms. The van der Waals surface area contributed by atoms with Gasteiger partial charge in [0, 0.05) is 19.3 Å². The van der Waals surface area contributed by atoms with Gasteiger partial charge in [-0.2, -0.15) is 0 Å². The maximum absolute atomic E-state index is 9.76. The third-order valence-corrected chi connectivity index (χ3v) is 3.88. The van der Waals surface area contributed by atoms with E-state index in [4.69, 9.17) is 0 Å². The Hall–Kier alpha value is -0.280. The van der Waals surface area contributed by atoms with E-state index in [1.165, 1.54) is 0 Å². The van der Waals surface area contributed by atoms with Gasteiger partial charge < -0.3 is 5.11 Å². The molecule has 1 nitrogen and oxygen atoms in total. The van der Waals surface area contributed by atoms with Crippen LogP contribution in [-0.2, 0) is 0 Å². The second kappa shape index (κ2) is 5.15. The van der Waals surface area contributed by atoms with Crippen LogP contribution in [-0.4, -0.2) is 14.6 Å². The van der Waals surface area contributed by atoms with E-state index in [0.29, 0.717) is 5.75 Å². The first kappa shape index (κ1) is 14.8. The molecule has 0 spiro atoms. The summed E-state index contributed by atoms with van der Waals surface area (Å²) >= 11 is 3.56. The van der Waals surface area contributed by atoms with Crippen molar-refractivity contribution in [3.63, 3.8) is 0 Å². The quantitative estimate of drug-likeness (QED) is 0.748. The summed E-state index contributed by atoms with van der Waals surface area (Å²) in [7, 11) is 0. The van der Waals surface area contributed by atoms with E-state index in [0.717, 1.165) is 9.79 Å². The Morgan fingerprint density at radius 3 is 1.41 bits per heavy atom. The summed E-state index contributed by atoms with van der Waals surface area (Å²) < 4.78 is 0.328. The minimum atomic E-state index is 0.164. The molecule has 3 heteroatoms. The van der Waals surface area contributed by atoms with Gasteiger partial charge in [0.2, 0.25) is 0 Å². The Labute approximate surface area is 113 Å². The molecule has 0 aliphatic rings. The Morgan fingerprint density at radius 1 is 0.765 bits per heavy atom. The van der Waals surface area contributed by atoms with Crippen LogP contribution in [0.2, 0.25) is 0 Å². The highest BCUT2D eigenvalue weighted by Crippen LogP contribution is 2.39. The van der Waals surface area contributed by atoms with Gasteiger partial charge in [0.05, 0.1) is 0 Å². The fraction of sp³-hybridized carbons (Fsp3) is 0.571. The van der Waals surface area contributed by atoms with E-state index in [2.05, 4.69) is 47.6 Å². The zero-order chi connectivity index (χ0) is 13.3. The molecule has 96 valence electrons. The summed E-state index contributed by atoms with van der Waals surface area (Å²) in [4.78, 5) is 2.26. The number of aromatic hydroxyl groups is 1. The smallest absolute Gasteiger partial charge is 0.117 e. The molecule has 0 unspecified atom stereocenters. The molecule has 0 aromatic heterocycles. The molecule has 1 aromatic rings. The van der Waals surface area contributed by atoms with Crippen molar-refractivity contribution in [3.8, 4) is 5.75 Å². The van der Waals surface area contributed by atoms with Gasteiger partial charge in [-0.05, 0) is 18.2 Å². The Bertz CT molecular complexity index is 352. The highest BCUT2D eigenvalue weighted by molar-refractivity contribution is 8.01. The van der Waals surface area contributed by atoms with Crippen molar-refractivity contribution in [1.29, 1.82) is 0 Å². The summed E-state index contributed by atoms with van der Waals surface area (Å²) in [6, 6.07) is 5.83. The van der Waals surface area contributed by atoms with E-state index in [9.17, 15) is 5.11 Å². The molecule has 0 radical (unpaired) electrons. The minimum Gasteiger partial charge on any atom is -0.508 e. The van der Waals surface area contributed by atoms with Gasteiger partial charge in [0.15, 0.2) is 0 Å². The predicted molar refractivity (Wildman–Crippen MR) is 79.3 cm³/mol. The second-order valence-corrected chi connectivity index (χ2v) is 9.89. The summed E-state index contributed by atoms with van der Waals surface area (Å²) in [5.74, 6) is 0.353. The summed E-state index contributed by atoms with van der Waals surface area (Å²) in [6.07, 6.45) is 0. The van der Waals surface area contributed by atoms with Crippen molar-refractivity contribution >= 4 is 23.5 Å². The van der Waals surface area contributed by atoms with Gasteiger partial charge in [-0.1, -0.05) is 41.5 Å². The van der Waals surface area contributed by atoms with Gasteiger partial charge in [0.1, 0.15) is 5.75 Å². The Balaban J connectivity index is 2.95. The maximum Gasteiger partial charge on any atom is 0.117 e. The van der Waals surface area contributed by atoms with Crippen LogP contribution < -0.4 is 0 Å². The zero-order valence-corrected chi connectivity index (χ0v) is 13.1. The van der Waals surface area contributed by atoms with Crippen LogP contribution in [0.5, 0.6) is 5.75 Å². The largest absolute Gasteiger partial charge is 0.508 e. The average molecular weight is 270 g/mol. The molecule has 0 bridgehead atoms. The van der Waals surface area contributed by atoms with Crippen molar-refractivity contribution in [2.24, 2.45) is 0 Å². The van der Waals surface area contributed by atoms with E-state index in [-0.39, 0.29) is 9.49 Å². The predicted octanol–water partition coefficient (Wildman–Crippen LogP) is 5.17. The van der Waals surface area contributed by atoms with Crippen LogP contribution in [0.25, 0.3) is 0 Å². The molecule has 0 saturated heterocycles. The van der Waals surface area contributed by atoms with Crippen LogP contribution in [0, 0.1) is 0 Å². The topological polar surface area (TPSA) is 20.2 Å². The normalized spacial score (nSPS) is 12.8. The summed E-state index contributed by atoms with van der Waals surface area (Å²) in [5, 5.41) is 9.76. The SMILES string of the molecule is CC(C)(C)Sc1cc(O)cc(SC(C)(C)C)c1. The molecule has 0 amide bonds. The molecule has 0 heterocycles. The van der Waals surface area contributed by atoms with Gasteiger partial charge in [-0.3, -0.25) is 0 Å². The van der Waals surface area contributed by atoms with Gasteiger partial charge in [0.25, 0.3) is 0 Å². The molecular weight excluding hydrogens is 248 g/mol. The minimum absolute atomic E-state index is 0.164. The highest BCUT2D eigenvalue weighted by atomic mass is 32.2. The Kier molecular flexibility index (Phi) is 4.48. The highest BCUT2D eigenvalue weighted by Gasteiger charge is 2.16. The Morgan fingerprint density at radius 2 is 1.12 bits per heavy atom. The van der Waals surface area contributed by atoms with Crippen LogP contribution in [0.3, 0.4) is 0 Å². The number of hydrogen-bond acceptors (Lipinski definition) is 3. The third-order valence-electron chi connectivity index (χ3n) is 1.71. The molecular formula is C14H22OS2. The van der Waals surface area contributed by atoms with E-state index in [1.807, 2.05) is 12.1 Å². The van der Waals surface area contributed by atoms with Crippen LogP contribution in [0.1, 0.15) is 41.5 Å². The fourth-order valence-corrected chi connectivity index (χ4v) is 3.60. The molecule has 0 aliphatic carbocycles. The fourth-order valence-electron chi connectivity index (χ4n) is 1.38. The lowest BCUT2D eigenvalue weighted by molar-refractivity contribution is 0.472. The number of hydrogen-bond donors (Lipinski definition) is 1. The molecule has 0 fully saturated rings. The lowest BCUT2D eigenvalue weighted by atomic mass is 10.3. The first-order valence-corrected chi connectivity index (χ1v) is 7.41. The monoisotopic (exact) mass is 270 g/mol. The lowest BCUT2D eigenvalue weighted by Crippen LogP contribution is -2.07. The van der Waals surface area contributed by atoms with E-state index >= 15 is 0 Å². The molecule has 0 atom stereocenters. The van der Waals surface area contributed by atoms with Crippen LogP contribution in [0.4, 0.5) is 0 Å². The van der Waals surface area contributed by atoms with Crippen molar-refractivity contribution in [2.75, 3.05) is 0 Å². The van der Waals surface area contributed by atoms with Crippen molar-refractivity contribution in [2.45, 2.75) is 60.8 Å². The van der Waals surface area contributed by atoms with Gasteiger partial charge in [-0.15, -0.1) is 23.5 Å². The number of thioether (sulfide) groups is 2. The second-order valence-electron chi connectivity index (χ2n) is 6.09. The molecule has 0 aliphatic heterocycles. The first-order valence-electron chi connectivity index (χ1n) is 5.77. The standard InChI is InChI=1S/C14H22OS2/c1-13(2,3)16-11-7-10(15)8-12(9-11)17-14(4,5)6/h7-9,15H,1-6H3. The molecule has 0 saturated carbocycles. The van der Waals surface area contributed by atoms with E-state index < -0.39 is 0 Å². The number of phenolic OH excluding ortho intramolecular Hbond substituents is 1. The van der Waals surface area contributed by atoms with Crippen molar-refractivity contribution in [1.82, 2.24) is 0 Å². The zero-order valence-electron chi connectivity index (χ0n) is 11.5. The summed E-state index contributed by atoms with van der Waals surface area (Å²) in [6.45, 7) is 13.1. The average Bonchev–Trinajstić information content (AvgIpc) is 1.93. The van der Waals surface area contributed by atoms with Crippen molar-refractivity contribution in [3.05, 3.63) is 18.2 Å². The summed E-state index contributed by atoms with van der Waals surface area (Å²) in [5.41, 5.74) is 0. The first-order chi connectivity index (χ1) is 7.55. The maximum atomic E-state index is 9.76. The van der Waals surface area contributed by atoms with Gasteiger partial charge >= 0.3 is 0 Å². The number of phenols is 1. The molecule has 1 aromatic carbocycles. The number of rotatable bonds is 2. The number of benzene rings is 1. The molecule has 1 rings (SSSR count).